The van der Waals surface area contributed by atoms with E-state index >= 15 is 0 Å². The molecule has 0 fully saturated rings. The molecule has 0 bridgehead atoms. The van der Waals surface area contributed by atoms with Crippen LogP contribution >= 0.6 is 0 Å². The summed E-state index contributed by atoms with van der Waals surface area (Å²) in [5.41, 5.74) is 0. The maximum atomic E-state index is 11.6. The summed E-state index contributed by atoms with van der Waals surface area (Å²) < 4.78 is 2.96. The van der Waals surface area contributed by atoms with Crippen LogP contribution in [0.3, 0.4) is 0 Å². The molecule has 22 heavy (non-hydrogen) atoms. The van der Waals surface area contributed by atoms with Crippen LogP contribution < -0.4 is 19.6 Å². The lowest BCUT2D eigenvalue weighted by Crippen LogP contribution is -2.33. The number of hydrogen-bond acceptors (Lipinski definition) is 4. The van der Waals surface area contributed by atoms with E-state index in [1.54, 1.807) is 49.1 Å². The van der Waals surface area contributed by atoms with Gasteiger partial charge in [0.05, 0.1) is 0 Å². The summed E-state index contributed by atoms with van der Waals surface area (Å²) >= 11 is 0. The molecular formula is C16H18N4O2. The molecule has 2 heterocycles. The Labute approximate surface area is 129 Å². The molecule has 2 aromatic rings. The molecule has 0 atom stereocenters. The van der Waals surface area contributed by atoms with Crippen molar-refractivity contribution < 1.29 is 19.6 Å². The minimum Gasteiger partial charge on any atom is -0.858 e. The number of aromatic nitrogens is 2. The van der Waals surface area contributed by atoms with Crippen LogP contribution in [0.25, 0.3) is 0 Å². The molecule has 0 N–H and O–H groups in total. The topological polar surface area (TPSA) is 78.6 Å². The van der Waals surface area contributed by atoms with Gasteiger partial charge in [0.2, 0.25) is 24.8 Å². The van der Waals surface area contributed by atoms with Crippen molar-refractivity contribution in [1.29, 1.82) is 0 Å². The molecule has 0 aliphatic rings. The highest BCUT2D eigenvalue weighted by Gasteiger charge is 1.97. The Morgan fingerprint density at radius 1 is 0.636 bits per heavy atom. The van der Waals surface area contributed by atoms with E-state index in [1.165, 1.54) is 9.35 Å². The third-order valence-corrected chi connectivity index (χ3v) is 2.88. The van der Waals surface area contributed by atoms with Crippen molar-refractivity contribution >= 4 is 11.8 Å². The van der Waals surface area contributed by atoms with Crippen LogP contribution in [0.4, 0.5) is 0 Å². The quantitative estimate of drug-likeness (QED) is 0.301. The molecule has 0 radical (unpaired) electrons. The van der Waals surface area contributed by atoms with Gasteiger partial charge in [-0.2, -0.15) is 0 Å². The summed E-state index contributed by atoms with van der Waals surface area (Å²) in [6.45, 7) is 0. The maximum Gasteiger partial charge on any atom is 0.202 e. The Kier molecular flexibility index (Phi) is 6.04. The molecule has 114 valence electrons. The standard InChI is InChI=1S/C16H18N4O2/c21-15(17-19-11-5-1-6-12-19)9-3-4-10-16(22)18-20-13-7-2-8-14-20/h1-2,5-8,11-14H,3-4,9-10H2. The fraction of sp³-hybridized carbons (Fsp3) is 0.250. The van der Waals surface area contributed by atoms with Gasteiger partial charge in [-0.1, -0.05) is 21.5 Å². The molecule has 0 aliphatic heterocycles. The summed E-state index contributed by atoms with van der Waals surface area (Å²) in [4.78, 5) is 0. The SMILES string of the molecule is [O-]/C(CCCC/C([O-])=N/[n+]1ccccc1)=N\[n+]1ccccc1. The van der Waals surface area contributed by atoms with Crippen LogP contribution in [-0.2, 0) is 0 Å². The fourth-order valence-corrected chi connectivity index (χ4v) is 1.82. The number of nitrogens with zero attached hydrogens (tertiary/aromatic N) is 4. The second-order valence-electron chi connectivity index (χ2n) is 4.71. The Bertz CT molecular complexity index is 570. The van der Waals surface area contributed by atoms with Gasteiger partial charge < -0.3 is 10.2 Å². The first kappa shape index (κ1) is 15.6. The van der Waals surface area contributed by atoms with E-state index in [2.05, 4.69) is 10.2 Å². The van der Waals surface area contributed by atoms with Crippen LogP contribution in [0.1, 0.15) is 25.7 Å². The van der Waals surface area contributed by atoms with Gasteiger partial charge in [-0.15, -0.1) is 0 Å². The Morgan fingerprint density at radius 2 is 1.00 bits per heavy atom. The van der Waals surface area contributed by atoms with E-state index in [1.807, 2.05) is 12.1 Å². The zero-order valence-electron chi connectivity index (χ0n) is 12.2. The van der Waals surface area contributed by atoms with Crippen LogP contribution in [0, 0.1) is 0 Å². The van der Waals surface area contributed by atoms with Gasteiger partial charge in [0.15, 0.2) is 0 Å². The van der Waals surface area contributed by atoms with E-state index in [4.69, 9.17) is 0 Å². The highest BCUT2D eigenvalue weighted by Crippen LogP contribution is 1.99. The third kappa shape index (κ3) is 5.70. The molecular weight excluding hydrogens is 280 g/mol. The molecule has 0 aromatic carbocycles. The Hall–Kier alpha value is -2.76. The predicted molar refractivity (Wildman–Crippen MR) is 77.4 cm³/mol. The van der Waals surface area contributed by atoms with Crippen LogP contribution in [0.5, 0.6) is 0 Å². The van der Waals surface area contributed by atoms with Crippen LogP contribution in [0.15, 0.2) is 71.4 Å². The van der Waals surface area contributed by atoms with E-state index < -0.39 is 0 Å². The van der Waals surface area contributed by atoms with Gasteiger partial charge in [-0.25, -0.2) is 0 Å². The first-order valence-corrected chi connectivity index (χ1v) is 7.16. The molecule has 0 amide bonds. The van der Waals surface area contributed by atoms with Gasteiger partial charge in [0, 0.05) is 36.1 Å². The molecule has 6 nitrogen and oxygen atoms in total. The van der Waals surface area contributed by atoms with Crippen molar-refractivity contribution in [2.24, 2.45) is 10.2 Å². The number of unbranched alkanes of at least 4 members (excludes halogenated alkanes) is 1. The largest absolute Gasteiger partial charge is 0.858 e. The summed E-state index contributed by atoms with van der Waals surface area (Å²) in [5, 5.41) is 31.1. The molecule has 2 rings (SSSR count). The van der Waals surface area contributed by atoms with E-state index in [0.717, 1.165) is 0 Å². The Morgan fingerprint density at radius 3 is 1.36 bits per heavy atom. The second-order valence-corrected chi connectivity index (χ2v) is 4.71. The average molecular weight is 298 g/mol. The van der Waals surface area contributed by atoms with Crippen molar-refractivity contribution in [3.05, 3.63) is 61.2 Å². The highest BCUT2D eigenvalue weighted by atomic mass is 16.3. The number of pyridine rings is 2. The van der Waals surface area contributed by atoms with Gasteiger partial charge in [0.1, 0.15) is 0 Å². The zero-order valence-corrected chi connectivity index (χ0v) is 12.2. The lowest BCUT2D eigenvalue weighted by molar-refractivity contribution is -0.681. The van der Waals surface area contributed by atoms with Crippen molar-refractivity contribution in [1.82, 2.24) is 0 Å². The number of hydrogen-bond donors (Lipinski definition) is 0. The lowest BCUT2D eigenvalue weighted by Gasteiger charge is -2.08. The molecule has 2 aromatic heterocycles. The predicted octanol–water partition coefficient (Wildman–Crippen LogP) is -0.434. The van der Waals surface area contributed by atoms with Crippen molar-refractivity contribution in [2.75, 3.05) is 0 Å². The van der Waals surface area contributed by atoms with Crippen molar-refractivity contribution in [3.8, 4) is 0 Å². The first-order valence-electron chi connectivity index (χ1n) is 7.16. The van der Waals surface area contributed by atoms with Gasteiger partial charge in [0.25, 0.3) is 0 Å². The third-order valence-electron chi connectivity index (χ3n) is 2.88. The van der Waals surface area contributed by atoms with Gasteiger partial charge >= 0.3 is 0 Å². The van der Waals surface area contributed by atoms with Gasteiger partial charge in [-0.05, 0) is 35.9 Å². The Balaban J connectivity index is 1.73. The van der Waals surface area contributed by atoms with Crippen molar-refractivity contribution in [3.63, 3.8) is 0 Å². The van der Waals surface area contributed by atoms with E-state index in [-0.39, 0.29) is 11.8 Å². The lowest BCUT2D eigenvalue weighted by atomic mass is 10.2. The van der Waals surface area contributed by atoms with Crippen LogP contribution in [-0.4, -0.2) is 11.8 Å². The zero-order chi connectivity index (χ0) is 15.6. The summed E-state index contributed by atoms with van der Waals surface area (Å²) in [5.74, 6) is -0.393. The monoisotopic (exact) mass is 298 g/mol. The fourth-order valence-electron chi connectivity index (χ4n) is 1.82. The molecule has 0 aliphatic carbocycles. The van der Waals surface area contributed by atoms with Gasteiger partial charge in [-0.3, -0.25) is 0 Å². The maximum absolute atomic E-state index is 11.6. The van der Waals surface area contributed by atoms with Crippen molar-refractivity contribution in [2.45, 2.75) is 25.7 Å². The number of rotatable bonds is 7. The molecule has 6 heteroatoms. The average Bonchev–Trinajstić information content (AvgIpc) is 2.53. The molecule has 0 saturated heterocycles. The molecule has 0 saturated carbocycles. The smallest absolute Gasteiger partial charge is 0.202 e. The first-order chi connectivity index (χ1) is 10.7. The molecule has 0 unspecified atom stereocenters. The summed E-state index contributed by atoms with van der Waals surface area (Å²) in [7, 11) is 0. The minimum absolute atomic E-state index is 0.196. The summed E-state index contributed by atoms with van der Waals surface area (Å²) in [6, 6.07) is 10.9. The highest BCUT2D eigenvalue weighted by molar-refractivity contribution is 5.71. The summed E-state index contributed by atoms with van der Waals surface area (Å²) in [6.07, 6.45) is 8.72. The normalized spacial score (nSPS) is 12.4. The minimum atomic E-state index is -0.196. The van der Waals surface area contributed by atoms with Crippen LogP contribution in [0.2, 0.25) is 0 Å². The second kappa shape index (κ2) is 8.51. The molecule has 0 spiro atoms. The van der Waals surface area contributed by atoms with E-state index in [9.17, 15) is 10.2 Å². The van der Waals surface area contributed by atoms with E-state index in [0.29, 0.717) is 25.7 Å².